The Morgan fingerprint density at radius 1 is 1.38 bits per heavy atom. The molecule has 0 aliphatic carbocycles. The van der Waals surface area contributed by atoms with Crippen molar-refractivity contribution in [1.82, 2.24) is 0 Å². The summed E-state index contributed by atoms with van der Waals surface area (Å²) < 4.78 is 0. The van der Waals surface area contributed by atoms with Crippen LogP contribution in [0.25, 0.3) is 0 Å². The third-order valence-electron chi connectivity index (χ3n) is 3.87. The predicted molar refractivity (Wildman–Crippen MR) is 71.4 cm³/mol. The quantitative estimate of drug-likeness (QED) is 0.807. The summed E-state index contributed by atoms with van der Waals surface area (Å²) in [6.45, 7) is 5.58. The fourth-order valence-electron chi connectivity index (χ4n) is 2.73. The zero-order valence-electron chi connectivity index (χ0n) is 10.1. The number of hydrogen-bond acceptors (Lipinski definition) is 1. The van der Waals surface area contributed by atoms with Gasteiger partial charge in [-0.3, -0.25) is 0 Å². The van der Waals surface area contributed by atoms with Crippen molar-refractivity contribution in [2.75, 3.05) is 11.9 Å². The van der Waals surface area contributed by atoms with Gasteiger partial charge >= 0.3 is 0 Å². The van der Waals surface area contributed by atoms with Crippen LogP contribution < -0.4 is 5.32 Å². The summed E-state index contributed by atoms with van der Waals surface area (Å²) in [5.74, 6) is 0. The molecule has 0 spiro atoms. The van der Waals surface area contributed by atoms with Gasteiger partial charge in [-0.15, -0.1) is 0 Å². The van der Waals surface area contributed by atoms with E-state index in [1.165, 1.54) is 36.9 Å². The van der Waals surface area contributed by atoms with Crippen LogP contribution in [0.4, 0.5) is 5.69 Å². The van der Waals surface area contributed by atoms with Crippen LogP contribution in [-0.2, 0) is 5.41 Å². The van der Waals surface area contributed by atoms with Crippen molar-refractivity contribution in [1.29, 1.82) is 0 Å². The van der Waals surface area contributed by atoms with Crippen LogP contribution >= 0.6 is 11.6 Å². The van der Waals surface area contributed by atoms with Crippen molar-refractivity contribution in [2.24, 2.45) is 0 Å². The number of unbranched alkanes of at least 4 members (excludes halogenated alkanes) is 1. The molecule has 1 aromatic rings. The van der Waals surface area contributed by atoms with E-state index in [4.69, 9.17) is 11.6 Å². The molecule has 1 aromatic carbocycles. The molecule has 16 heavy (non-hydrogen) atoms. The predicted octanol–water partition coefficient (Wildman–Crippen LogP) is 4.60. The Kier molecular flexibility index (Phi) is 3.44. The molecule has 1 heterocycles. The highest BCUT2D eigenvalue weighted by atomic mass is 35.5. The Bertz CT molecular complexity index is 375. The fourth-order valence-corrected chi connectivity index (χ4v) is 2.97. The van der Waals surface area contributed by atoms with Gasteiger partial charge in [-0.2, -0.15) is 0 Å². The van der Waals surface area contributed by atoms with Crippen molar-refractivity contribution < 1.29 is 0 Å². The average Bonchev–Trinajstić information content (AvgIpc) is 2.68. The molecular formula is C14H20ClN. The zero-order chi connectivity index (χ0) is 11.6. The van der Waals surface area contributed by atoms with Crippen LogP contribution in [0.3, 0.4) is 0 Å². The van der Waals surface area contributed by atoms with Crippen LogP contribution in [0.5, 0.6) is 0 Å². The molecule has 1 N–H and O–H groups in total. The van der Waals surface area contributed by atoms with Crippen molar-refractivity contribution in [3.63, 3.8) is 0 Å². The maximum atomic E-state index is 6.23. The van der Waals surface area contributed by atoms with Crippen LogP contribution in [0, 0.1) is 0 Å². The van der Waals surface area contributed by atoms with Gasteiger partial charge in [0.2, 0.25) is 0 Å². The summed E-state index contributed by atoms with van der Waals surface area (Å²) in [6.07, 6.45) is 5.01. The van der Waals surface area contributed by atoms with Gasteiger partial charge in [0.15, 0.2) is 0 Å². The van der Waals surface area contributed by atoms with Gasteiger partial charge in [-0.05, 0) is 24.5 Å². The molecule has 2 rings (SSSR count). The number of rotatable bonds is 4. The third-order valence-corrected chi connectivity index (χ3v) is 4.19. The van der Waals surface area contributed by atoms with Crippen LogP contribution in [-0.4, -0.2) is 6.54 Å². The van der Waals surface area contributed by atoms with Gasteiger partial charge in [0.25, 0.3) is 0 Å². The smallest absolute Gasteiger partial charge is 0.0640 e. The highest BCUT2D eigenvalue weighted by Gasteiger charge is 2.37. The van der Waals surface area contributed by atoms with Crippen molar-refractivity contribution in [2.45, 2.75) is 44.9 Å². The normalized spacial score (nSPS) is 22.9. The van der Waals surface area contributed by atoms with E-state index < -0.39 is 0 Å². The minimum atomic E-state index is 0.316. The summed E-state index contributed by atoms with van der Waals surface area (Å²) in [7, 11) is 0. The molecule has 1 atom stereocenters. The number of halogens is 1. The maximum Gasteiger partial charge on any atom is 0.0640 e. The van der Waals surface area contributed by atoms with Crippen molar-refractivity contribution in [3.8, 4) is 0 Å². The molecule has 0 radical (unpaired) electrons. The number of anilines is 1. The molecular weight excluding hydrogens is 218 g/mol. The molecule has 0 aromatic heterocycles. The van der Waals surface area contributed by atoms with Crippen molar-refractivity contribution >= 4 is 17.3 Å². The first-order valence-electron chi connectivity index (χ1n) is 6.26. The van der Waals surface area contributed by atoms with Gasteiger partial charge in [-0.25, -0.2) is 0 Å². The maximum absolute atomic E-state index is 6.23. The topological polar surface area (TPSA) is 12.0 Å². The second-order valence-corrected chi connectivity index (χ2v) is 5.16. The largest absolute Gasteiger partial charge is 0.383 e. The molecule has 1 aliphatic heterocycles. The lowest BCUT2D eigenvalue weighted by molar-refractivity contribution is 0.402. The summed E-state index contributed by atoms with van der Waals surface area (Å²) >= 11 is 6.23. The first-order valence-corrected chi connectivity index (χ1v) is 6.64. The van der Waals surface area contributed by atoms with E-state index in [0.29, 0.717) is 5.41 Å². The van der Waals surface area contributed by atoms with E-state index in [1.54, 1.807) is 0 Å². The molecule has 0 bridgehead atoms. The van der Waals surface area contributed by atoms with Gasteiger partial charge in [0.1, 0.15) is 0 Å². The minimum absolute atomic E-state index is 0.316. The number of hydrogen-bond donors (Lipinski definition) is 1. The molecule has 1 nitrogen and oxygen atoms in total. The molecule has 0 saturated heterocycles. The van der Waals surface area contributed by atoms with Gasteiger partial charge in [0, 0.05) is 12.0 Å². The second kappa shape index (κ2) is 4.67. The third kappa shape index (κ3) is 1.82. The molecule has 88 valence electrons. The number of nitrogens with one attached hydrogen (secondary N) is 1. The van der Waals surface area contributed by atoms with E-state index in [9.17, 15) is 0 Å². The summed E-state index contributed by atoms with van der Waals surface area (Å²) in [5.41, 5.74) is 2.91. The van der Waals surface area contributed by atoms with Crippen LogP contribution in [0.2, 0.25) is 5.02 Å². The second-order valence-electron chi connectivity index (χ2n) is 4.75. The Labute approximate surface area is 103 Å². The van der Waals surface area contributed by atoms with Crippen LogP contribution in [0.15, 0.2) is 18.2 Å². The highest BCUT2D eigenvalue weighted by Crippen LogP contribution is 2.45. The van der Waals surface area contributed by atoms with E-state index in [2.05, 4.69) is 31.3 Å². The van der Waals surface area contributed by atoms with E-state index in [1.807, 2.05) is 6.07 Å². The lowest BCUT2D eigenvalue weighted by Crippen LogP contribution is -2.27. The molecule has 1 unspecified atom stereocenters. The number of benzene rings is 1. The van der Waals surface area contributed by atoms with Crippen molar-refractivity contribution in [3.05, 3.63) is 28.8 Å². The Morgan fingerprint density at radius 3 is 2.88 bits per heavy atom. The Hall–Kier alpha value is -0.690. The summed E-state index contributed by atoms with van der Waals surface area (Å²) in [6, 6.07) is 6.28. The molecule has 1 aliphatic rings. The molecule has 0 fully saturated rings. The van der Waals surface area contributed by atoms with Crippen LogP contribution in [0.1, 0.15) is 45.1 Å². The van der Waals surface area contributed by atoms with E-state index in [0.717, 1.165) is 11.6 Å². The SMILES string of the molecule is CCCCC1(CC)CNc2c(Cl)cccc21. The first kappa shape index (κ1) is 11.8. The lowest BCUT2D eigenvalue weighted by atomic mass is 9.76. The van der Waals surface area contributed by atoms with E-state index in [-0.39, 0.29) is 0 Å². The fraction of sp³-hybridized carbons (Fsp3) is 0.571. The number of fused-ring (bicyclic) bond motifs is 1. The van der Waals surface area contributed by atoms with Gasteiger partial charge < -0.3 is 5.32 Å². The van der Waals surface area contributed by atoms with E-state index >= 15 is 0 Å². The standard InChI is InChI=1S/C14H20ClN/c1-3-5-9-14(4-2)10-16-13-11(14)7-6-8-12(13)15/h6-8,16H,3-5,9-10H2,1-2H3. The van der Waals surface area contributed by atoms with Gasteiger partial charge in [0.05, 0.1) is 10.7 Å². The first-order chi connectivity index (χ1) is 7.73. The minimum Gasteiger partial charge on any atom is -0.383 e. The summed E-state index contributed by atoms with van der Waals surface area (Å²) in [4.78, 5) is 0. The van der Waals surface area contributed by atoms with Gasteiger partial charge in [-0.1, -0.05) is 50.4 Å². The lowest BCUT2D eigenvalue weighted by Gasteiger charge is -2.27. The number of para-hydroxylation sites is 1. The molecule has 0 saturated carbocycles. The highest BCUT2D eigenvalue weighted by molar-refractivity contribution is 6.33. The zero-order valence-corrected chi connectivity index (χ0v) is 10.9. The average molecular weight is 238 g/mol. The molecule has 2 heteroatoms. The molecule has 0 amide bonds. The Balaban J connectivity index is 2.35. The Morgan fingerprint density at radius 2 is 2.19 bits per heavy atom. The monoisotopic (exact) mass is 237 g/mol. The summed E-state index contributed by atoms with van der Waals surface area (Å²) in [5, 5.41) is 4.35.